The van der Waals surface area contributed by atoms with E-state index >= 15 is 0 Å². The fourth-order valence-corrected chi connectivity index (χ4v) is 2.13. The number of benzene rings is 1. The number of fused-ring (bicyclic) bond motifs is 1. The highest BCUT2D eigenvalue weighted by Crippen LogP contribution is 2.33. The average molecular weight is 277 g/mol. The molecule has 1 heterocycles. The number of carbonyl (C=O) groups excluding carboxylic acids is 2. The lowest BCUT2D eigenvalue weighted by Gasteiger charge is -2.30. The Balaban J connectivity index is 2.08. The molecular formula is C14H19N3O3. The summed E-state index contributed by atoms with van der Waals surface area (Å²) in [5.41, 5.74) is 7.00. The molecule has 0 aliphatic carbocycles. The number of nitrogens with zero attached hydrogens (tertiary/aromatic N) is 1. The van der Waals surface area contributed by atoms with Crippen molar-refractivity contribution >= 4 is 17.5 Å². The number of likely N-dealkylation sites (N-methyl/N-ethyl adjacent to an activating group) is 1. The van der Waals surface area contributed by atoms with E-state index in [1.807, 2.05) is 18.2 Å². The molecule has 108 valence electrons. The summed E-state index contributed by atoms with van der Waals surface area (Å²) in [6, 6.07) is 5.70. The van der Waals surface area contributed by atoms with Crippen LogP contribution in [0.25, 0.3) is 0 Å². The van der Waals surface area contributed by atoms with Crippen molar-refractivity contribution in [2.45, 2.75) is 19.4 Å². The van der Waals surface area contributed by atoms with E-state index in [4.69, 9.17) is 10.5 Å². The van der Waals surface area contributed by atoms with Crippen LogP contribution >= 0.6 is 0 Å². The van der Waals surface area contributed by atoms with Crippen LogP contribution in [0, 0.1) is 0 Å². The third-order valence-electron chi connectivity index (χ3n) is 3.29. The highest BCUT2D eigenvalue weighted by atomic mass is 16.5. The number of amides is 2. The number of anilines is 1. The first kappa shape index (κ1) is 14.3. The number of hydrogen-bond donors (Lipinski definition) is 2. The van der Waals surface area contributed by atoms with Crippen molar-refractivity contribution in [2.75, 3.05) is 25.0 Å². The van der Waals surface area contributed by atoms with Crippen molar-refractivity contribution < 1.29 is 14.3 Å². The lowest BCUT2D eigenvalue weighted by Crippen LogP contribution is -2.42. The lowest BCUT2D eigenvalue weighted by molar-refractivity contribution is -0.125. The van der Waals surface area contributed by atoms with Crippen molar-refractivity contribution in [3.63, 3.8) is 0 Å². The molecule has 0 radical (unpaired) electrons. The van der Waals surface area contributed by atoms with Crippen molar-refractivity contribution in [1.29, 1.82) is 0 Å². The minimum absolute atomic E-state index is 0.00679. The van der Waals surface area contributed by atoms with Crippen LogP contribution in [-0.2, 0) is 16.0 Å². The smallest absolute Gasteiger partial charge is 0.267 e. The van der Waals surface area contributed by atoms with E-state index in [0.717, 1.165) is 11.3 Å². The van der Waals surface area contributed by atoms with Gasteiger partial charge in [-0.15, -0.1) is 0 Å². The van der Waals surface area contributed by atoms with Crippen LogP contribution in [0.15, 0.2) is 18.2 Å². The number of hydrogen-bond acceptors (Lipinski definition) is 4. The van der Waals surface area contributed by atoms with Gasteiger partial charge >= 0.3 is 0 Å². The second-order valence-corrected chi connectivity index (χ2v) is 4.76. The quantitative estimate of drug-likeness (QED) is 0.814. The van der Waals surface area contributed by atoms with Crippen LogP contribution in [0.3, 0.4) is 0 Å². The molecule has 0 fully saturated rings. The molecule has 2 amide bonds. The fourth-order valence-electron chi connectivity index (χ4n) is 2.13. The largest absolute Gasteiger partial charge is 0.479 e. The first-order valence-electron chi connectivity index (χ1n) is 6.57. The summed E-state index contributed by atoms with van der Waals surface area (Å²) in [7, 11) is 1.74. The summed E-state index contributed by atoms with van der Waals surface area (Å²) in [4.78, 5) is 24.5. The Labute approximate surface area is 117 Å². The molecule has 0 spiro atoms. The van der Waals surface area contributed by atoms with Crippen LogP contribution in [0.4, 0.5) is 5.69 Å². The zero-order valence-corrected chi connectivity index (χ0v) is 11.7. The Hall–Kier alpha value is -2.08. The Morgan fingerprint density at radius 2 is 2.25 bits per heavy atom. The maximum Gasteiger partial charge on any atom is 0.267 e. The second-order valence-electron chi connectivity index (χ2n) is 4.76. The first-order chi connectivity index (χ1) is 9.52. The molecule has 1 atom stereocenters. The molecule has 1 aromatic carbocycles. The van der Waals surface area contributed by atoms with E-state index in [0.29, 0.717) is 18.7 Å². The Morgan fingerprint density at radius 3 is 2.95 bits per heavy atom. The van der Waals surface area contributed by atoms with Crippen molar-refractivity contribution in [2.24, 2.45) is 5.73 Å². The SMILES string of the molecule is CC1Oc2ccc(CCNC(=O)CN)cc2N(C)C1=O. The van der Waals surface area contributed by atoms with Crippen LogP contribution in [0.2, 0.25) is 0 Å². The molecule has 20 heavy (non-hydrogen) atoms. The number of rotatable bonds is 4. The third kappa shape index (κ3) is 2.91. The van der Waals surface area contributed by atoms with Gasteiger partial charge in [0.15, 0.2) is 6.10 Å². The molecule has 3 N–H and O–H groups in total. The van der Waals surface area contributed by atoms with Crippen LogP contribution in [0.5, 0.6) is 5.75 Å². The summed E-state index contributed by atoms with van der Waals surface area (Å²) in [5.74, 6) is 0.466. The number of nitrogens with two attached hydrogens (primary N) is 1. The molecule has 1 aliphatic rings. The maximum absolute atomic E-state index is 11.9. The van der Waals surface area contributed by atoms with Crippen molar-refractivity contribution in [3.8, 4) is 5.75 Å². The van der Waals surface area contributed by atoms with E-state index < -0.39 is 6.10 Å². The Morgan fingerprint density at radius 1 is 1.50 bits per heavy atom. The lowest BCUT2D eigenvalue weighted by atomic mass is 10.1. The van der Waals surface area contributed by atoms with E-state index in [9.17, 15) is 9.59 Å². The summed E-state index contributed by atoms with van der Waals surface area (Å²) in [6.07, 6.45) is 0.221. The fraction of sp³-hybridized carbons (Fsp3) is 0.429. The van der Waals surface area contributed by atoms with Gasteiger partial charge in [-0.3, -0.25) is 9.59 Å². The predicted molar refractivity (Wildman–Crippen MR) is 75.7 cm³/mol. The molecule has 1 aliphatic heterocycles. The normalized spacial score (nSPS) is 17.4. The highest BCUT2D eigenvalue weighted by Gasteiger charge is 2.28. The summed E-state index contributed by atoms with van der Waals surface area (Å²) >= 11 is 0. The average Bonchev–Trinajstić information content (AvgIpc) is 2.45. The van der Waals surface area contributed by atoms with Gasteiger partial charge in [0.2, 0.25) is 5.91 Å². The minimum atomic E-state index is -0.456. The molecule has 0 bridgehead atoms. The van der Waals surface area contributed by atoms with Crippen molar-refractivity contribution in [1.82, 2.24) is 5.32 Å². The molecule has 6 nitrogen and oxygen atoms in total. The van der Waals surface area contributed by atoms with E-state index in [1.165, 1.54) is 0 Å². The van der Waals surface area contributed by atoms with Gasteiger partial charge in [-0.1, -0.05) is 6.07 Å². The zero-order chi connectivity index (χ0) is 14.7. The van der Waals surface area contributed by atoms with E-state index in [1.54, 1.807) is 18.9 Å². The summed E-state index contributed by atoms with van der Waals surface area (Å²) in [5, 5.41) is 2.71. The van der Waals surface area contributed by atoms with Gasteiger partial charge in [-0.2, -0.15) is 0 Å². The summed E-state index contributed by atoms with van der Waals surface area (Å²) in [6.45, 7) is 2.24. The Kier molecular flexibility index (Phi) is 4.24. The molecule has 1 unspecified atom stereocenters. The number of carbonyl (C=O) groups is 2. The Bertz CT molecular complexity index is 530. The topological polar surface area (TPSA) is 84.7 Å². The molecule has 6 heteroatoms. The van der Waals surface area contributed by atoms with Gasteiger partial charge in [0.05, 0.1) is 12.2 Å². The van der Waals surface area contributed by atoms with Crippen LogP contribution in [-0.4, -0.2) is 38.1 Å². The molecule has 0 aromatic heterocycles. The standard InChI is InChI=1S/C14H19N3O3/c1-9-14(19)17(2)11-7-10(3-4-12(11)20-9)5-6-16-13(18)8-15/h3-4,7,9H,5-6,8,15H2,1-2H3,(H,16,18). The second kappa shape index (κ2) is 5.92. The molecule has 0 saturated heterocycles. The molecule has 0 saturated carbocycles. The molecule has 2 rings (SSSR count). The van der Waals surface area contributed by atoms with Crippen LogP contribution in [0.1, 0.15) is 12.5 Å². The zero-order valence-electron chi connectivity index (χ0n) is 11.7. The molecule has 1 aromatic rings. The first-order valence-corrected chi connectivity index (χ1v) is 6.57. The minimum Gasteiger partial charge on any atom is -0.479 e. The monoisotopic (exact) mass is 277 g/mol. The highest BCUT2D eigenvalue weighted by molar-refractivity contribution is 5.99. The van der Waals surface area contributed by atoms with Gasteiger partial charge in [0.1, 0.15) is 5.75 Å². The van der Waals surface area contributed by atoms with Gasteiger partial charge in [-0.25, -0.2) is 0 Å². The van der Waals surface area contributed by atoms with Gasteiger partial charge in [0.25, 0.3) is 5.91 Å². The van der Waals surface area contributed by atoms with Crippen molar-refractivity contribution in [3.05, 3.63) is 23.8 Å². The number of nitrogens with one attached hydrogen (secondary N) is 1. The number of ether oxygens (including phenoxy) is 1. The maximum atomic E-state index is 11.9. The van der Waals surface area contributed by atoms with Crippen LogP contribution < -0.4 is 20.7 Å². The predicted octanol–water partition coefficient (Wildman–Crippen LogP) is 0.0477. The van der Waals surface area contributed by atoms with E-state index in [2.05, 4.69) is 5.32 Å². The van der Waals surface area contributed by atoms with Gasteiger partial charge in [0, 0.05) is 13.6 Å². The van der Waals surface area contributed by atoms with Gasteiger partial charge < -0.3 is 20.7 Å². The van der Waals surface area contributed by atoms with Gasteiger partial charge in [-0.05, 0) is 31.0 Å². The third-order valence-corrected chi connectivity index (χ3v) is 3.29. The molecular weight excluding hydrogens is 258 g/mol. The summed E-state index contributed by atoms with van der Waals surface area (Å²) < 4.78 is 5.55. The van der Waals surface area contributed by atoms with E-state index in [-0.39, 0.29) is 18.4 Å².